The monoisotopic (exact) mass is 831 g/mol. The van der Waals surface area contributed by atoms with Gasteiger partial charge in [0.25, 0.3) is 0 Å². The van der Waals surface area contributed by atoms with Gasteiger partial charge in [0, 0.05) is 32.8 Å². The van der Waals surface area contributed by atoms with Crippen LogP contribution in [0, 0.1) is 0 Å². The standard InChI is InChI=1S/C59H47NS.C2H6/c1-5-46(37(3)47(6-2)53-21-14-22-54-51-19-11-10-18-48(51)38(4)58(53)54)41-28-32-49-42(34-41)35-43-36-45(31-33-50(43)49)60(44-29-26-40(27-30-44)39-16-8-7-9-17-39)56-24-15-23-55-52-20-12-13-25-57(52)61-59(55)56;1-2/h5-26,28-29,31-34,36,38H,2,27,30,35H2,1,3-4H3;1-2H3/b46-5+,47-37+;. The second kappa shape index (κ2) is 16.9. The van der Waals surface area contributed by atoms with Crippen LogP contribution in [0.4, 0.5) is 11.4 Å². The van der Waals surface area contributed by atoms with Crippen LogP contribution in [0.5, 0.6) is 0 Å². The van der Waals surface area contributed by atoms with E-state index in [2.05, 4.69) is 208 Å². The lowest BCUT2D eigenvalue weighted by atomic mass is 9.85. The quantitative estimate of drug-likeness (QED) is 0.138. The normalized spacial score (nSPS) is 15.3. The van der Waals surface area contributed by atoms with Gasteiger partial charge in [0.2, 0.25) is 0 Å². The van der Waals surface area contributed by atoms with Gasteiger partial charge in [-0.15, -0.1) is 11.3 Å². The number of hydrogen-bond acceptors (Lipinski definition) is 2. The number of thiophene rings is 1. The maximum atomic E-state index is 4.38. The van der Waals surface area contributed by atoms with Crippen LogP contribution in [0.3, 0.4) is 0 Å². The van der Waals surface area contributed by atoms with E-state index in [-0.39, 0.29) is 0 Å². The maximum absolute atomic E-state index is 4.38. The fraction of sp³-hybridized carbons (Fsp3) is 0.148. The van der Waals surface area contributed by atoms with E-state index in [1.165, 1.54) is 121 Å². The largest absolute Gasteiger partial charge is 0.313 e. The number of allylic oxidation sites excluding steroid dienone is 9. The molecule has 0 spiro atoms. The van der Waals surface area contributed by atoms with E-state index in [4.69, 9.17) is 0 Å². The summed E-state index contributed by atoms with van der Waals surface area (Å²) in [6, 6.07) is 56.5. The minimum absolute atomic E-state index is 0.328. The molecule has 0 fully saturated rings. The van der Waals surface area contributed by atoms with Crippen LogP contribution in [0.2, 0.25) is 0 Å². The van der Waals surface area contributed by atoms with E-state index in [1.54, 1.807) is 0 Å². The predicted molar refractivity (Wildman–Crippen MR) is 275 cm³/mol. The summed E-state index contributed by atoms with van der Waals surface area (Å²) < 4.78 is 2.66. The van der Waals surface area contributed by atoms with Gasteiger partial charge in [-0.25, -0.2) is 0 Å². The lowest BCUT2D eigenvalue weighted by Gasteiger charge is -2.31. The first kappa shape index (κ1) is 40.3. The van der Waals surface area contributed by atoms with Gasteiger partial charge in [0.1, 0.15) is 0 Å². The molecular weight excluding hydrogens is 779 g/mol. The Morgan fingerprint density at radius 1 is 0.683 bits per heavy atom. The Labute approximate surface area is 377 Å². The zero-order valence-corrected chi connectivity index (χ0v) is 37.8. The minimum atomic E-state index is 0.328. The van der Waals surface area contributed by atoms with Crippen molar-refractivity contribution < 1.29 is 0 Å². The van der Waals surface area contributed by atoms with Crippen LogP contribution in [0.25, 0.3) is 59.1 Å². The van der Waals surface area contributed by atoms with Crippen LogP contribution in [0.15, 0.2) is 194 Å². The van der Waals surface area contributed by atoms with E-state index in [0.29, 0.717) is 5.92 Å². The highest BCUT2D eigenvalue weighted by Gasteiger charge is 2.29. The van der Waals surface area contributed by atoms with Crippen molar-refractivity contribution in [2.45, 2.75) is 59.8 Å². The molecule has 3 aliphatic carbocycles. The molecule has 0 N–H and O–H groups in total. The molecule has 1 aromatic heterocycles. The van der Waals surface area contributed by atoms with Crippen LogP contribution < -0.4 is 4.90 Å². The van der Waals surface area contributed by atoms with Crippen LogP contribution >= 0.6 is 11.3 Å². The summed E-state index contributed by atoms with van der Waals surface area (Å²) in [4.78, 5) is 2.55. The fourth-order valence-electron chi connectivity index (χ4n) is 10.6. The molecule has 3 aliphatic rings. The van der Waals surface area contributed by atoms with E-state index in [0.717, 1.165) is 19.3 Å². The Kier molecular flexibility index (Phi) is 10.8. The lowest BCUT2D eigenvalue weighted by molar-refractivity contribution is 0.931. The van der Waals surface area contributed by atoms with Crippen molar-refractivity contribution in [2.24, 2.45) is 0 Å². The molecule has 1 heterocycles. The Bertz CT molecular complexity index is 3220. The summed E-state index contributed by atoms with van der Waals surface area (Å²) >= 11 is 1.90. The average molecular weight is 832 g/mol. The third-order valence-corrected chi connectivity index (χ3v) is 14.7. The van der Waals surface area contributed by atoms with E-state index in [9.17, 15) is 0 Å². The van der Waals surface area contributed by atoms with Gasteiger partial charge in [-0.2, -0.15) is 0 Å². The zero-order valence-electron chi connectivity index (χ0n) is 37.0. The highest BCUT2D eigenvalue weighted by molar-refractivity contribution is 7.26. The van der Waals surface area contributed by atoms with Gasteiger partial charge in [-0.1, -0.05) is 173 Å². The molecule has 0 radical (unpaired) electrons. The predicted octanol–water partition coefficient (Wildman–Crippen LogP) is 17.7. The number of anilines is 2. The lowest BCUT2D eigenvalue weighted by Crippen LogP contribution is -2.18. The molecule has 0 saturated carbocycles. The zero-order chi connectivity index (χ0) is 43.2. The van der Waals surface area contributed by atoms with Crippen molar-refractivity contribution in [3.05, 3.63) is 233 Å². The van der Waals surface area contributed by atoms with Gasteiger partial charge in [-0.05, 0) is 147 Å². The highest BCUT2D eigenvalue weighted by Crippen LogP contribution is 2.50. The molecule has 11 rings (SSSR count). The number of rotatable bonds is 8. The molecule has 1 atom stereocenters. The molecule has 63 heavy (non-hydrogen) atoms. The molecule has 0 saturated heterocycles. The van der Waals surface area contributed by atoms with Gasteiger partial charge < -0.3 is 4.90 Å². The summed E-state index contributed by atoms with van der Waals surface area (Å²) in [5.74, 6) is 0.328. The highest BCUT2D eigenvalue weighted by atomic mass is 32.1. The SMILES string of the molecule is C=C/C(=C(C)\C(=C/C)c1ccc2c(c1)Cc1cc(N(C3=CC=C(c4ccccc4)CC3)c3cccc4c3sc3ccccc34)ccc1-2)c1cccc2c1C(C)c1ccccc1-2.CC. The summed E-state index contributed by atoms with van der Waals surface area (Å²) in [7, 11) is 0. The Morgan fingerprint density at radius 2 is 1.40 bits per heavy atom. The van der Waals surface area contributed by atoms with E-state index < -0.39 is 0 Å². The smallest absolute Gasteiger partial charge is 0.0637 e. The van der Waals surface area contributed by atoms with Crippen molar-refractivity contribution in [1.29, 1.82) is 0 Å². The molecule has 0 bridgehead atoms. The summed E-state index contributed by atoms with van der Waals surface area (Å²) in [5.41, 5.74) is 23.7. The molecule has 308 valence electrons. The number of benzene rings is 7. The molecule has 1 unspecified atom stereocenters. The van der Waals surface area contributed by atoms with Gasteiger partial charge >= 0.3 is 0 Å². The molecule has 8 aromatic rings. The van der Waals surface area contributed by atoms with Crippen molar-refractivity contribution in [1.82, 2.24) is 0 Å². The molecule has 1 nitrogen and oxygen atoms in total. The third-order valence-electron chi connectivity index (χ3n) is 13.5. The average Bonchev–Trinajstić information content (AvgIpc) is 4.00. The van der Waals surface area contributed by atoms with Gasteiger partial charge in [-0.3, -0.25) is 0 Å². The van der Waals surface area contributed by atoms with Crippen LogP contribution in [-0.2, 0) is 6.42 Å². The fourth-order valence-corrected chi connectivity index (χ4v) is 11.8. The summed E-state index contributed by atoms with van der Waals surface area (Å²) in [6.07, 6.45) is 11.9. The van der Waals surface area contributed by atoms with Crippen molar-refractivity contribution in [3.63, 3.8) is 0 Å². The number of hydrogen-bond donors (Lipinski definition) is 0. The first-order valence-electron chi connectivity index (χ1n) is 22.7. The van der Waals surface area contributed by atoms with Gasteiger partial charge in [0.05, 0.1) is 10.4 Å². The van der Waals surface area contributed by atoms with Crippen molar-refractivity contribution in [2.75, 3.05) is 4.90 Å². The first-order valence-corrected chi connectivity index (χ1v) is 23.5. The van der Waals surface area contributed by atoms with Crippen molar-refractivity contribution in [3.8, 4) is 22.3 Å². The maximum Gasteiger partial charge on any atom is 0.0637 e. The molecule has 2 heteroatoms. The van der Waals surface area contributed by atoms with Crippen LogP contribution in [-0.4, -0.2) is 0 Å². The topological polar surface area (TPSA) is 3.24 Å². The third kappa shape index (κ3) is 6.85. The Hall–Kier alpha value is -6.74. The van der Waals surface area contributed by atoms with Gasteiger partial charge in [0.15, 0.2) is 0 Å². The molecule has 0 aliphatic heterocycles. The van der Waals surface area contributed by atoms with E-state index in [1.807, 2.05) is 25.2 Å². The number of fused-ring (bicyclic) bond motifs is 9. The molecule has 0 amide bonds. The number of nitrogens with zero attached hydrogens (tertiary/aromatic N) is 1. The second-order valence-electron chi connectivity index (χ2n) is 16.7. The van der Waals surface area contributed by atoms with Crippen LogP contribution in [0.1, 0.15) is 92.3 Å². The summed E-state index contributed by atoms with van der Waals surface area (Å²) in [5, 5.41) is 2.65. The Balaban J connectivity index is 0.00000232. The van der Waals surface area contributed by atoms with Crippen molar-refractivity contribution >= 4 is 59.6 Å². The molecular formula is C61H53NS. The Morgan fingerprint density at radius 3 is 2.19 bits per heavy atom. The first-order chi connectivity index (χ1) is 31.0. The second-order valence-corrected chi connectivity index (χ2v) is 17.8. The minimum Gasteiger partial charge on any atom is -0.313 e. The molecule has 7 aromatic carbocycles. The van der Waals surface area contributed by atoms with E-state index >= 15 is 0 Å². The summed E-state index contributed by atoms with van der Waals surface area (Å²) in [6.45, 7) is 15.2.